The highest BCUT2D eigenvalue weighted by atomic mass is 16.7. The van der Waals surface area contributed by atoms with E-state index in [-0.39, 0.29) is 17.4 Å². The Labute approximate surface area is 196 Å². The summed E-state index contributed by atoms with van der Waals surface area (Å²) in [5, 5.41) is 3.12. The molecule has 1 saturated heterocycles. The predicted molar refractivity (Wildman–Crippen MR) is 132 cm³/mol. The van der Waals surface area contributed by atoms with E-state index in [2.05, 4.69) is 33.0 Å². The van der Waals surface area contributed by atoms with Gasteiger partial charge in [-0.25, -0.2) is 0 Å². The minimum absolute atomic E-state index is 0.0465. The monoisotopic (exact) mass is 443 g/mol. The summed E-state index contributed by atoms with van der Waals surface area (Å²) >= 11 is 0. The van der Waals surface area contributed by atoms with Crippen LogP contribution in [-0.2, 0) is 14.3 Å². The molecule has 4 rings (SSSR count). The van der Waals surface area contributed by atoms with Crippen LogP contribution < -0.4 is 5.32 Å². The van der Waals surface area contributed by atoms with Gasteiger partial charge in [-0.05, 0) is 29.2 Å². The van der Waals surface area contributed by atoms with Gasteiger partial charge in [0.15, 0.2) is 6.29 Å². The third-order valence-electron chi connectivity index (χ3n) is 6.21. The molecule has 0 aliphatic carbocycles. The molecule has 1 aliphatic rings. The van der Waals surface area contributed by atoms with Crippen LogP contribution in [0.15, 0.2) is 84.9 Å². The van der Waals surface area contributed by atoms with Gasteiger partial charge in [0.2, 0.25) is 5.91 Å². The number of benzene rings is 3. The first kappa shape index (κ1) is 23.2. The van der Waals surface area contributed by atoms with E-state index in [0.717, 1.165) is 22.4 Å². The molecule has 1 N–H and O–H groups in total. The fourth-order valence-electron chi connectivity index (χ4n) is 4.73. The van der Waals surface area contributed by atoms with Crippen LogP contribution in [0.5, 0.6) is 0 Å². The molecule has 3 aromatic rings. The van der Waals surface area contributed by atoms with Crippen LogP contribution in [-0.4, -0.2) is 18.6 Å². The maximum absolute atomic E-state index is 13.5. The zero-order valence-electron chi connectivity index (χ0n) is 19.8. The van der Waals surface area contributed by atoms with E-state index in [1.807, 2.05) is 84.9 Å². The maximum Gasteiger partial charge on any atom is 0.236 e. The molecule has 3 aromatic carbocycles. The van der Waals surface area contributed by atoms with Crippen LogP contribution in [0.25, 0.3) is 0 Å². The topological polar surface area (TPSA) is 47.6 Å². The molecule has 1 fully saturated rings. The summed E-state index contributed by atoms with van der Waals surface area (Å²) < 4.78 is 12.4. The van der Waals surface area contributed by atoms with Crippen molar-refractivity contribution < 1.29 is 14.3 Å². The molecule has 0 radical (unpaired) electrons. The molecular weight excluding hydrogens is 410 g/mol. The normalized spacial score (nSPS) is 20.1. The molecule has 4 heteroatoms. The Balaban J connectivity index is 1.56. The molecule has 0 spiro atoms. The lowest BCUT2D eigenvalue weighted by Crippen LogP contribution is -2.45. The van der Waals surface area contributed by atoms with Crippen LogP contribution in [0.1, 0.15) is 56.6 Å². The van der Waals surface area contributed by atoms with Crippen molar-refractivity contribution in [2.45, 2.75) is 46.0 Å². The minimum atomic E-state index is -0.443. The van der Waals surface area contributed by atoms with Crippen molar-refractivity contribution in [2.24, 2.45) is 11.3 Å². The van der Waals surface area contributed by atoms with Gasteiger partial charge < -0.3 is 14.8 Å². The Hall–Kier alpha value is -2.95. The third-order valence-corrected chi connectivity index (χ3v) is 6.21. The summed E-state index contributed by atoms with van der Waals surface area (Å²) in [4.78, 5) is 13.5. The molecule has 1 heterocycles. The van der Waals surface area contributed by atoms with Crippen LogP contribution in [0.4, 0.5) is 5.69 Å². The van der Waals surface area contributed by atoms with Gasteiger partial charge in [0.25, 0.3) is 0 Å². The van der Waals surface area contributed by atoms with Gasteiger partial charge in [-0.1, -0.05) is 100 Å². The molecule has 4 nitrogen and oxygen atoms in total. The van der Waals surface area contributed by atoms with Crippen molar-refractivity contribution >= 4 is 11.6 Å². The average molecular weight is 444 g/mol. The number of ether oxygens (including phenoxy) is 2. The quantitative estimate of drug-likeness (QED) is 0.470. The smallest absolute Gasteiger partial charge is 0.236 e. The molecule has 0 unspecified atom stereocenters. The average Bonchev–Trinajstić information content (AvgIpc) is 2.80. The summed E-state index contributed by atoms with van der Waals surface area (Å²) in [5.41, 5.74) is 3.50. The van der Waals surface area contributed by atoms with Crippen molar-refractivity contribution in [1.82, 2.24) is 0 Å². The van der Waals surface area contributed by atoms with Crippen molar-refractivity contribution in [3.63, 3.8) is 0 Å². The predicted octanol–water partition coefficient (Wildman–Crippen LogP) is 6.55. The van der Waals surface area contributed by atoms with Crippen molar-refractivity contribution in [3.8, 4) is 0 Å². The fraction of sp³-hybridized carbons (Fsp3) is 0.345. The molecule has 0 saturated carbocycles. The fourth-order valence-corrected chi connectivity index (χ4v) is 4.73. The lowest BCUT2D eigenvalue weighted by atomic mass is 9.80. The van der Waals surface area contributed by atoms with Gasteiger partial charge in [0.1, 0.15) is 0 Å². The Morgan fingerprint density at radius 1 is 0.909 bits per heavy atom. The first-order valence-corrected chi connectivity index (χ1v) is 11.6. The van der Waals surface area contributed by atoms with Crippen molar-refractivity contribution in [2.75, 3.05) is 11.9 Å². The summed E-state index contributed by atoms with van der Waals surface area (Å²) in [6.45, 7) is 9.34. The molecule has 172 valence electrons. The van der Waals surface area contributed by atoms with E-state index in [9.17, 15) is 4.79 Å². The van der Waals surface area contributed by atoms with Gasteiger partial charge in [-0.15, -0.1) is 0 Å². The van der Waals surface area contributed by atoms with Gasteiger partial charge in [-0.2, -0.15) is 0 Å². The largest absolute Gasteiger partial charge is 0.348 e. The zero-order chi connectivity index (χ0) is 23.4. The first-order valence-electron chi connectivity index (χ1n) is 11.6. The van der Waals surface area contributed by atoms with E-state index in [1.165, 1.54) is 0 Å². The standard InChI is InChI=1S/C29H33NO3/c1-20(2)26-29(3,4)19-32-28(33-26)23-16-11-17-24(18-23)30-27(31)25(21-12-7-5-8-13-21)22-14-9-6-10-15-22/h5-18,20,25-26,28H,19H2,1-4H3,(H,30,31)/t26-,28+/m1/s1. The second-order valence-corrected chi connectivity index (χ2v) is 9.80. The van der Waals surface area contributed by atoms with E-state index >= 15 is 0 Å². The Morgan fingerprint density at radius 3 is 2.09 bits per heavy atom. The number of hydrogen-bond donors (Lipinski definition) is 1. The van der Waals surface area contributed by atoms with Crippen LogP contribution in [0, 0.1) is 11.3 Å². The van der Waals surface area contributed by atoms with Crippen molar-refractivity contribution in [1.29, 1.82) is 0 Å². The Morgan fingerprint density at radius 2 is 1.52 bits per heavy atom. The van der Waals surface area contributed by atoms with E-state index in [4.69, 9.17) is 9.47 Å². The summed E-state index contributed by atoms with van der Waals surface area (Å²) in [5.74, 6) is -0.0904. The number of carbonyl (C=O) groups is 1. The van der Waals surface area contributed by atoms with Gasteiger partial charge in [-0.3, -0.25) is 4.79 Å². The highest BCUT2D eigenvalue weighted by Crippen LogP contribution is 2.40. The molecule has 1 aliphatic heterocycles. The van der Waals surface area contributed by atoms with Gasteiger partial charge >= 0.3 is 0 Å². The van der Waals surface area contributed by atoms with E-state index in [1.54, 1.807) is 0 Å². The third kappa shape index (κ3) is 5.35. The SMILES string of the molecule is CC(C)[C@H]1O[C@@H](c2cccc(NC(=O)C(c3ccccc3)c3ccccc3)c2)OCC1(C)C. The molecule has 33 heavy (non-hydrogen) atoms. The number of carbonyl (C=O) groups excluding carboxylic acids is 1. The second-order valence-electron chi connectivity index (χ2n) is 9.80. The lowest BCUT2D eigenvalue weighted by Gasteiger charge is -2.44. The first-order chi connectivity index (χ1) is 15.8. The van der Waals surface area contributed by atoms with Crippen LogP contribution >= 0.6 is 0 Å². The Kier molecular flexibility index (Phi) is 6.96. The molecule has 1 amide bonds. The number of amides is 1. The van der Waals surface area contributed by atoms with E-state index in [0.29, 0.717) is 12.5 Å². The minimum Gasteiger partial charge on any atom is -0.348 e. The Bertz CT molecular complexity index is 1020. The number of anilines is 1. The molecular formula is C29H33NO3. The molecule has 2 atom stereocenters. The molecule has 0 bridgehead atoms. The highest BCUT2D eigenvalue weighted by molar-refractivity contribution is 5.98. The lowest BCUT2D eigenvalue weighted by molar-refractivity contribution is -0.274. The second kappa shape index (κ2) is 9.90. The number of rotatable bonds is 6. The summed E-state index contributed by atoms with van der Waals surface area (Å²) in [6.07, 6.45) is -0.351. The molecule has 0 aromatic heterocycles. The maximum atomic E-state index is 13.5. The zero-order valence-corrected chi connectivity index (χ0v) is 19.8. The van der Waals surface area contributed by atoms with E-state index < -0.39 is 12.2 Å². The summed E-state index contributed by atoms with van der Waals surface area (Å²) in [6, 6.07) is 27.5. The van der Waals surface area contributed by atoms with Gasteiger partial charge in [0.05, 0.1) is 18.6 Å². The van der Waals surface area contributed by atoms with Crippen LogP contribution in [0.3, 0.4) is 0 Å². The number of nitrogens with one attached hydrogen (secondary N) is 1. The number of hydrogen-bond acceptors (Lipinski definition) is 3. The van der Waals surface area contributed by atoms with Gasteiger partial charge in [0, 0.05) is 16.7 Å². The van der Waals surface area contributed by atoms with Crippen LogP contribution in [0.2, 0.25) is 0 Å². The highest BCUT2D eigenvalue weighted by Gasteiger charge is 2.40. The summed E-state index contributed by atoms with van der Waals surface area (Å²) in [7, 11) is 0. The van der Waals surface area contributed by atoms with Crippen molar-refractivity contribution in [3.05, 3.63) is 102 Å².